The third-order valence-corrected chi connectivity index (χ3v) is 4.12. The molecule has 9 heteroatoms. The monoisotopic (exact) mass is 331 g/mol. The molecular formula is C13H18FN3O4S. The Labute approximate surface area is 128 Å². The van der Waals surface area contributed by atoms with Crippen LogP contribution in [0.3, 0.4) is 0 Å². The van der Waals surface area contributed by atoms with E-state index in [9.17, 15) is 22.4 Å². The van der Waals surface area contributed by atoms with E-state index in [-0.39, 0.29) is 30.8 Å². The molecule has 0 heterocycles. The van der Waals surface area contributed by atoms with Crippen molar-refractivity contribution in [3.8, 4) is 0 Å². The fourth-order valence-electron chi connectivity index (χ4n) is 1.55. The molecular weight excluding hydrogens is 313 g/mol. The van der Waals surface area contributed by atoms with Crippen LogP contribution < -0.4 is 15.4 Å². The first-order valence-corrected chi connectivity index (χ1v) is 8.21. The number of amides is 2. The van der Waals surface area contributed by atoms with Gasteiger partial charge in [-0.05, 0) is 19.2 Å². The van der Waals surface area contributed by atoms with Crippen molar-refractivity contribution in [3.63, 3.8) is 0 Å². The maximum atomic E-state index is 13.3. The van der Waals surface area contributed by atoms with Crippen molar-refractivity contribution < 1.29 is 22.4 Å². The lowest BCUT2D eigenvalue weighted by molar-refractivity contribution is -0.120. The highest BCUT2D eigenvalue weighted by Gasteiger charge is 2.11. The number of hydrogen-bond acceptors (Lipinski definition) is 4. The van der Waals surface area contributed by atoms with E-state index in [1.807, 2.05) is 0 Å². The molecule has 0 aliphatic rings. The van der Waals surface area contributed by atoms with Crippen molar-refractivity contribution in [3.05, 3.63) is 35.6 Å². The van der Waals surface area contributed by atoms with Crippen molar-refractivity contribution in [2.75, 3.05) is 25.9 Å². The van der Waals surface area contributed by atoms with Crippen molar-refractivity contribution in [1.29, 1.82) is 0 Å². The maximum Gasteiger partial charge on any atom is 0.254 e. The number of carbonyl (C=O) groups is 2. The van der Waals surface area contributed by atoms with Crippen LogP contribution in [-0.4, -0.2) is 46.1 Å². The summed E-state index contributed by atoms with van der Waals surface area (Å²) >= 11 is 0. The quantitative estimate of drug-likeness (QED) is 0.603. The minimum atomic E-state index is -3.37. The number of halogens is 1. The van der Waals surface area contributed by atoms with Crippen molar-refractivity contribution in [1.82, 2.24) is 15.4 Å². The smallest absolute Gasteiger partial charge is 0.254 e. The summed E-state index contributed by atoms with van der Waals surface area (Å²) in [5.74, 6) is -1.87. The lowest BCUT2D eigenvalue weighted by Crippen LogP contribution is -2.35. The van der Waals surface area contributed by atoms with E-state index in [0.29, 0.717) is 0 Å². The Morgan fingerprint density at radius 3 is 2.45 bits per heavy atom. The van der Waals surface area contributed by atoms with Crippen LogP contribution in [0.15, 0.2) is 24.3 Å². The van der Waals surface area contributed by atoms with Gasteiger partial charge in [-0.2, -0.15) is 0 Å². The molecule has 1 aromatic carbocycles. The number of benzene rings is 1. The van der Waals surface area contributed by atoms with Gasteiger partial charge in [0.15, 0.2) is 0 Å². The second kappa shape index (κ2) is 8.44. The second-order valence-corrected chi connectivity index (χ2v) is 6.40. The van der Waals surface area contributed by atoms with E-state index in [1.54, 1.807) is 0 Å². The summed E-state index contributed by atoms with van der Waals surface area (Å²) in [6, 6.07) is 5.52. The number of hydrogen-bond donors (Lipinski definition) is 3. The number of rotatable bonds is 8. The molecule has 22 heavy (non-hydrogen) atoms. The Morgan fingerprint density at radius 2 is 1.82 bits per heavy atom. The van der Waals surface area contributed by atoms with E-state index < -0.39 is 27.7 Å². The maximum absolute atomic E-state index is 13.3. The molecule has 0 aliphatic heterocycles. The van der Waals surface area contributed by atoms with E-state index >= 15 is 0 Å². The molecule has 3 N–H and O–H groups in total. The molecule has 0 spiro atoms. The average molecular weight is 331 g/mol. The van der Waals surface area contributed by atoms with E-state index in [2.05, 4.69) is 15.4 Å². The zero-order chi connectivity index (χ0) is 16.6. The molecule has 2 amide bonds. The van der Waals surface area contributed by atoms with Gasteiger partial charge in [0.05, 0.1) is 11.3 Å². The Hall–Kier alpha value is -2.00. The normalized spacial score (nSPS) is 11.0. The van der Waals surface area contributed by atoms with Crippen LogP contribution in [0, 0.1) is 5.82 Å². The number of sulfonamides is 1. The molecule has 122 valence electrons. The van der Waals surface area contributed by atoms with E-state index in [1.165, 1.54) is 31.3 Å². The molecule has 0 aromatic heterocycles. The first-order chi connectivity index (χ1) is 10.4. The lowest BCUT2D eigenvalue weighted by atomic mass is 10.2. The van der Waals surface area contributed by atoms with Gasteiger partial charge >= 0.3 is 0 Å². The Morgan fingerprint density at radius 1 is 1.14 bits per heavy atom. The zero-order valence-electron chi connectivity index (χ0n) is 12.1. The van der Waals surface area contributed by atoms with Crippen LogP contribution in [0.1, 0.15) is 16.8 Å². The van der Waals surface area contributed by atoms with Gasteiger partial charge in [-0.3, -0.25) is 9.59 Å². The topological polar surface area (TPSA) is 104 Å². The number of carbonyl (C=O) groups excluding carboxylic acids is 2. The summed E-state index contributed by atoms with van der Waals surface area (Å²) < 4.78 is 37.7. The summed E-state index contributed by atoms with van der Waals surface area (Å²) in [6.45, 7) is 0.00104. The number of nitrogens with one attached hydrogen (secondary N) is 3. The fraction of sp³-hybridized carbons (Fsp3) is 0.385. The third-order valence-electron chi connectivity index (χ3n) is 2.76. The van der Waals surface area contributed by atoms with Crippen LogP contribution in [0.4, 0.5) is 4.39 Å². The van der Waals surface area contributed by atoms with E-state index in [4.69, 9.17) is 0 Å². The highest BCUT2D eigenvalue weighted by atomic mass is 32.2. The summed E-state index contributed by atoms with van der Waals surface area (Å²) in [5.41, 5.74) is -0.0944. The minimum absolute atomic E-state index is 0.0245. The molecule has 0 fully saturated rings. The predicted octanol–water partition coefficient (Wildman–Crippen LogP) is -0.389. The molecule has 0 radical (unpaired) electrons. The first kappa shape index (κ1) is 18.1. The molecule has 7 nitrogen and oxygen atoms in total. The molecule has 0 saturated heterocycles. The fourth-order valence-corrected chi connectivity index (χ4v) is 2.12. The molecule has 0 bridgehead atoms. The van der Waals surface area contributed by atoms with Gasteiger partial charge in [0.1, 0.15) is 5.82 Å². The Bertz CT molecular complexity index is 634. The molecule has 0 atom stereocenters. The van der Waals surface area contributed by atoms with Gasteiger partial charge in [-0.1, -0.05) is 12.1 Å². The average Bonchev–Trinajstić information content (AvgIpc) is 2.47. The van der Waals surface area contributed by atoms with Gasteiger partial charge < -0.3 is 10.6 Å². The SMILES string of the molecule is CNS(=O)(=O)CCNC(=O)CCNC(=O)c1ccccc1F. The minimum Gasteiger partial charge on any atom is -0.355 e. The van der Waals surface area contributed by atoms with E-state index in [0.717, 1.165) is 0 Å². The Kier molecular flexibility index (Phi) is 6.93. The third kappa shape index (κ3) is 6.19. The molecule has 1 aromatic rings. The van der Waals surface area contributed by atoms with Gasteiger partial charge in [0, 0.05) is 19.5 Å². The molecule has 1 rings (SSSR count). The predicted molar refractivity (Wildman–Crippen MR) is 79.2 cm³/mol. The van der Waals surface area contributed by atoms with Crippen LogP contribution in [0.2, 0.25) is 0 Å². The van der Waals surface area contributed by atoms with Gasteiger partial charge in [-0.15, -0.1) is 0 Å². The van der Waals surface area contributed by atoms with Crippen molar-refractivity contribution >= 4 is 21.8 Å². The van der Waals surface area contributed by atoms with Crippen molar-refractivity contribution in [2.24, 2.45) is 0 Å². The van der Waals surface area contributed by atoms with Gasteiger partial charge in [-0.25, -0.2) is 17.5 Å². The van der Waals surface area contributed by atoms with Crippen molar-refractivity contribution in [2.45, 2.75) is 6.42 Å². The lowest BCUT2D eigenvalue weighted by Gasteiger charge is -2.07. The zero-order valence-corrected chi connectivity index (χ0v) is 12.9. The van der Waals surface area contributed by atoms with Crippen LogP contribution in [-0.2, 0) is 14.8 Å². The summed E-state index contributed by atoms with van der Waals surface area (Å²) in [6.07, 6.45) is -0.0280. The highest BCUT2D eigenvalue weighted by Crippen LogP contribution is 2.05. The largest absolute Gasteiger partial charge is 0.355 e. The first-order valence-electron chi connectivity index (χ1n) is 6.56. The Balaban J connectivity index is 2.28. The van der Waals surface area contributed by atoms with Gasteiger partial charge in [0.2, 0.25) is 15.9 Å². The van der Waals surface area contributed by atoms with Crippen LogP contribution >= 0.6 is 0 Å². The highest BCUT2D eigenvalue weighted by molar-refractivity contribution is 7.89. The summed E-state index contributed by atoms with van der Waals surface area (Å²) in [5, 5.41) is 4.83. The second-order valence-electron chi connectivity index (χ2n) is 4.36. The van der Waals surface area contributed by atoms with Crippen LogP contribution in [0.5, 0.6) is 0 Å². The van der Waals surface area contributed by atoms with Gasteiger partial charge in [0.25, 0.3) is 5.91 Å². The standard InChI is InChI=1S/C13H18FN3O4S/c1-15-22(20,21)9-8-16-12(18)6-7-17-13(19)10-4-2-3-5-11(10)14/h2-5,15H,6-9H2,1H3,(H,16,18)(H,17,19). The van der Waals surface area contributed by atoms with Crippen LogP contribution in [0.25, 0.3) is 0 Å². The summed E-state index contributed by atoms with van der Waals surface area (Å²) in [4.78, 5) is 23.1. The summed E-state index contributed by atoms with van der Waals surface area (Å²) in [7, 11) is -2.08. The molecule has 0 saturated carbocycles. The molecule has 0 aliphatic carbocycles. The molecule has 0 unspecified atom stereocenters.